The van der Waals surface area contributed by atoms with Crippen molar-refractivity contribution in [2.45, 2.75) is 0 Å². The maximum atomic E-state index is 5.92. The predicted molar refractivity (Wildman–Crippen MR) is 61.6 cm³/mol. The first-order valence-electron chi connectivity index (χ1n) is 4.32. The Morgan fingerprint density at radius 2 is 1.79 bits per heavy atom. The normalized spacial score (nSPS) is 14.9. The van der Waals surface area contributed by atoms with E-state index in [1.165, 1.54) is 0 Å². The van der Waals surface area contributed by atoms with Gasteiger partial charge in [0.25, 0.3) is 0 Å². The van der Waals surface area contributed by atoms with Gasteiger partial charge in [-0.1, -0.05) is 29.3 Å². The van der Waals surface area contributed by atoms with Crippen LogP contribution in [0.1, 0.15) is 5.56 Å². The van der Waals surface area contributed by atoms with Crippen molar-refractivity contribution in [1.29, 1.82) is 0 Å². The van der Waals surface area contributed by atoms with E-state index >= 15 is 0 Å². The Labute approximate surface area is 93.0 Å². The molecular formula is C11H9Cl2N. The van der Waals surface area contributed by atoms with Crippen LogP contribution in [0.5, 0.6) is 0 Å². The van der Waals surface area contributed by atoms with Crippen molar-refractivity contribution in [3.05, 3.63) is 52.2 Å². The van der Waals surface area contributed by atoms with E-state index in [0.717, 1.165) is 17.7 Å². The van der Waals surface area contributed by atoms with E-state index in [9.17, 15) is 0 Å². The molecule has 72 valence electrons. The molecular weight excluding hydrogens is 217 g/mol. The molecule has 0 atom stereocenters. The summed E-state index contributed by atoms with van der Waals surface area (Å²) in [5.74, 6) is 0. The van der Waals surface area contributed by atoms with Crippen LogP contribution in [0.2, 0.25) is 10.0 Å². The first-order chi connectivity index (χ1) is 6.75. The Kier molecular flexibility index (Phi) is 2.80. The zero-order chi connectivity index (χ0) is 9.97. The third-order valence-corrected chi connectivity index (χ3v) is 2.45. The molecule has 0 saturated heterocycles. The van der Waals surface area contributed by atoms with Crippen LogP contribution in [0.15, 0.2) is 36.6 Å². The van der Waals surface area contributed by atoms with Gasteiger partial charge >= 0.3 is 0 Å². The van der Waals surface area contributed by atoms with E-state index in [2.05, 4.69) is 11.4 Å². The highest BCUT2D eigenvalue weighted by Crippen LogP contribution is 2.25. The zero-order valence-electron chi connectivity index (χ0n) is 7.43. The average Bonchev–Trinajstić information content (AvgIpc) is 2.18. The van der Waals surface area contributed by atoms with Gasteiger partial charge in [-0.15, -0.1) is 0 Å². The largest absolute Gasteiger partial charge is 0.387 e. The van der Waals surface area contributed by atoms with Crippen LogP contribution in [-0.2, 0) is 0 Å². The highest BCUT2D eigenvalue weighted by molar-refractivity contribution is 6.34. The fourth-order valence-corrected chi connectivity index (χ4v) is 1.91. The minimum absolute atomic E-state index is 0.667. The summed E-state index contributed by atoms with van der Waals surface area (Å²) in [7, 11) is 0. The second kappa shape index (κ2) is 4.07. The van der Waals surface area contributed by atoms with Gasteiger partial charge in [0.1, 0.15) is 0 Å². The molecule has 0 radical (unpaired) electrons. The third kappa shape index (κ3) is 2.11. The van der Waals surface area contributed by atoms with Crippen LogP contribution in [0.25, 0.3) is 5.57 Å². The molecule has 3 heteroatoms. The lowest BCUT2D eigenvalue weighted by atomic mass is 10.0. The number of hydrogen-bond acceptors (Lipinski definition) is 1. The molecule has 1 N–H and O–H groups in total. The van der Waals surface area contributed by atoms with Gasteiger partial charge in [0, 0.05) is 16.6 Å². The van der Waals surface area contributed by atoms with Gasteiger partial charge in [-0.3, -0.25) is 0 Å². The highest BCUT2D eigenvalue weighted by atomic mass is 35.5. The lowest BCUT2D eigenvalue weighted by molar-refractivity contribution is 0.976. The minimum atomic E-state index is 0.667. The Bertz CT molecular complexity index is 387. The molecule has 14 heavy (non-hydrogen) atoms. The second-order valence-electron chi connectivity index (χ2n) is 3.06. The van der Waals surface area contributed by atoms with Crippen LogP contribution in [0.4, 0.5) is 0 Å². The van der Waals surface area contributed by atoms with E-state index in [1.807, 2.05) is 24.4 Å². The molecule has 0 aromatic heterocycles. The number of halogens is 2. The number of benzene rings is 1. The van der Waals surface area contributed by atoms with Gasteiger partial charge in [-0.25, -0.2) is 0 Å². The molecule has 1 heterocycles. The molecule has 0 saturated carbocycles. The standard InChI is InChI=1S/C11H9Cl2N/c12-10-5-9(6-11(13)7-10)8-1-3-14-4-2-8/h1-3,5-7,14H,4H2. The molecule has 0 bridgehead atoms. The van der Waals surface area contributed by atoms with Crippen molar-refractivity contribution in [2.75, 3.05) is 6.54 Å². The van der Waals surface area contributed by atoms with Crippen LogP contribution >= 0.6 is 23.2 Å². The minimum Gasteiger partial charge on any atom is -0.387 e. The van der Waals surface area contributed by atoms with Crippen molar-refractivity contribution >= 4 is 28.8 Å². The molecule has 0 aliphatic carbocycles. The molecule has 0 unspecified atom stereocenters. The number of dihydropyridines is 1. The van der Waals surface area contributed by atoms with E-state index in [4.69, 9.17) is 23.2 Å². The molecule has 1 aromatic rings. The fraction of sp³-hybridized carbons (Fsp3) is 0.0909. The van der Waals surface area contributed by atoms with Gasteiger partial charge in [-0.05, 0) is 41.6 Å². The maximum absolute atomic E-state index is 5.92. The Morgan fingerprint density at radius 1 is 1.07 bits per heavy atom. The topological polar surface area (TPSA) is 12.0 Å². The molecule has 2 rings (SSSR count). The Hall–Kier alpha value is -0.920. The summed E-state index contributed by atoms with van der Waals surface area (Å²) in [4.78, 5) is 0. The molecule has 0 spiro atoms. The van der Waals surface area contributed by atoms with Gasteiger partial charge in [0.05, 0.1) is 0 Å². The van der Waals surface area contributed by atoms with Gasteiger partial charge in [0.2, 0.25) is 0 Å². The van der Waals surface area contributed by atoms with Crippen LogP contribution in [-0.4, -0.2) is 6.54 Å². The van der Waals surface area contributed by atoms with Crippen molar-refractivity contribution < 1.29 is 0 Å². The highest BCUT2D eigenvalue weighted by Gasteiger charge is 2.03. The van der Waals surface area contributed by atoms with E-state index in [-0.39, 0.29) is 0 Å². The van der Waals surface area contributed by atoms with Gasteiger partial charge < -0.3 is 5.32 Å². The Morgan fingerprint density at radius 3 is 2.36 bits per heavy atom. The third-order valence-electron chi connectivity index (χ3n) is 2.02. The lowest BCUT2D eigenvalue weighted by Crippen LogP contribution is -2.08. The summed E-state index contributed by atoms with van der Waals surface area (Å²) in [5.41, 5.74) is 2.20. The SMILES string of the molecule is Clc1cc(Cl)cc(C2=CCNC=C2)c1. The fourth-order valence-electron chi connectivity index (χ4n) is 1.39. The average molecular weight is 226 g/mol. The van der Waals surface area contributed by atoms with E-state index in [1.54, 1.807) is 6.07 Å². The molecule has 1 nitrogen and oxygen atoms in total. The maximum Gasteiger partial charge on any atom is 0.0426 e. The summed E-state index contributed by atoms with van der Waals surface area (Å²) < 4.78 is 0. The second-order valence-corrected chi connectivity index (χ2v) is 3.93. The number of rotatable bonds is 1. The lowest BCUT2D eigenvalue weighted by Gasteiger charge is -2.09. The van der Waals surface area contributed by atoms with E-state index < -0.39 is 0 Å². The van der Waals surface area contributed by atoms with Crippen molar-refractivity contribution in [3.63, 3.8) is 0 Å². The summed E-state index contributed by atoms with van der Waals surface area (Å²) in [6, 6.07) is 5.56. The molecule has 0 amide bonds. The number of allylic oxidation sites excluding steroid dienone is 2. The molecule has 1 aliphatic rings. The molecule has 1 aliphatic heterocycles. The summed E-state index contributed by atoms with van der Waals surface area (Å²) in [6.45, 7) is 0.843. The van der Waals surface area contributed by atoms with Crippen LogP contribution in [0, 0.1) is 0 Å². The monoisotopic (exact) mass is 225 g/mol. The molecule has 0 fully saturated rings. The summed E-state index contributed by atoms with van der Waals surface area (Å²) in [6.07, 6.45) is 6.03. The summed E-state index contributed by atoms with van der Waals surface area (Å²) >= 11 is 11.8. The quantitative estimate of drug-likeness (QED) is 0.772. The first-order valence-corrected chi connectivity index (χ1v) is 5.08. The first kappa shape index (κ1) is 9.63. The predicted octanol–water partition coefficient (Wildman–Crippen LogP) is 3.49. The Balaban J connectivity index is 2.40. The smallest absolute Gasteiger partial charge is 0.0426 e. The van der Waals surface area contributed by atoms with Crippen molar-refractivity contribution in [3.8, 4) is 0 Å². The number of hydrogen-bond donors (Lipinski definition) is 1. The van der Waals surface area contributed by atoms with Crippen LogP contribution in [0.3, 0.4) is 0 Å². The molecule has 1 aromatic carbocycles. The van der Waals surface area contributed by atoms with Gasteiger partial charge in [0.15, 0.2) is 0 Å². The van der Waals surface area contributed by atoms with Gasteiger partial charge in [-0.2, -0.15) is 0 Å². The van der Waals surface area contributed by atoms with Crippen molar-refractivity contribution in [1.82, 2.24) is 5.32 Å². The van der Waals surface area contributed by atoms with Crippen LogP contribution < -0.4 is 5.32 Å². The van der Waals surface area contributed by atoms with Crippen molar-refractivity contribution in [2.24, 2.45) is 0 Å². The zero-order valence-corrected chi connectivity index (χ0v) is 8.94. The summed E-state index contributed by atoms with van der Waals surface area (Å²) in [5, 5.41) is 4.42. The number of nitrogens with one attached hydrogen (secondary N) is 1. The van der Waals surface area contributed by atoms with E-state index in [0.29, 0.717) is 10.0 Å².